The molecule has 3 N–H and O–H groups in total. The van der Waals surface area contributed by atoms with Gasteiger partial charge in [0.2, 0.25) is 0 Å². The molecule has 0 saturated carbocycles. The number of para-hydroxylation sites is 3. The smallest absolute Gasteiger partial charge is 0.182 e. The summed E-state index contributed by atoms with van der Waals surface area (Å²) in [5.41, 5.74) is 9.29. The van der Waals surface area contributed by atoms with E-state index in [0.717, 1.165) is 45.9 Å². The molecule has 9 nitrogen and oxygen atoms in total. The molecule has 64 heavy (non-hydrogen) atoms. The van der Waals surface area contributed by atoms with E-state index in [4.69, 9.17) is 35.0 Å². The van der Waals surface area contributed by atoms with Gasteiger partial charge in [-0.2, -0.15) is 10.5 Å². The highest BCUT2D eigenvalue weighted by Gasteiger charge is 2.07. The molecule has 6 aromatic carbocycles. The van der Waals surface area contributed by atoms with Gasteiger partial charge in [-0.3, -0.25) is 18.7 Å². The van der Waals surface area contributed by atoms with Crippen molar-refractivity contribution in [2.24, 2.45) is 0 Å². The Bertz CT molecular complexity index is 2800. The summed E-state index contributed by atoms with van der Waals surface area (Å²) in [6.45, 7) is 12.2. The van der Waals surface area contributed by atoms with Gasteiger partial charge in [0.05, 0.1) is 41.2 Å². The van der Waals surface area contributed by atoms with Crippen molar-refractivity contribution in [3.05, 3.63) is 208 Å². The van der Waals surface area contributed by atoms with Gasteiger partial charge < -0.3 is 15.3 Å². The Morgan fingerprint density at radius 2 is 0.938 bits per heavy atom. The van der Waals surface area contributed by atoms with Gasteiger partial charge in [0.1, 0.15) is 6.29 Å². The molecule has 0 amide bonds. The lowest BCUT2D eigenvalue weighted by molar-refractivity contribution is 0.101. The van der Waals surface area contributed by atoms with E-state index in [0.29, 0.717) is 31.8 Å². The molecule has 0 aliphatic carbocycles. The molecule has 2 aromatic heterocycles. The minimum absolute atomic E-state index is 0.00310. The van der Waals surface area contributed by atoms with E-state index in [1.54, 1.807) is 48.5 Å². The van der Waals surface area contributed by atoms with E-state index < -0.39 is 0 Å². The number of ketones is 1. The Morgan fingerprint density at radius 3 is 1.33 bits per heavy atom. The van der Waals surface area contributed by atoms with Crippen LogP contribution in [0.3, 0.4) is 0 Å². The first kappa shape index (κ1) is 50.7. The minimum atomic E-state index is 0.00310. The second kappa shape index (κ2) is 28.0. The van der Waals surface area contributed by atoms with Crippen molar-refractivity contribution in [1.29, 1.82) is 10.5 Å². The zero-order valence-electron chi connectivity index (χ0n) is 36.9. The van der Waals surface area contributed by atoms with E-state index in [-0.39, 0.29) is 12.3 Å². The number of imidazole rings is 2. The number of hydrogen-bond acceptors (Lipinski definition) is 7. The number of aromatic amines is 2. The minimum Gasteiger partial charge on any atom is -0.378 e. The second-order valence-corrected chi connectivity index (χ2v) is 13.4. The number of carbonyl (C=O) groups excluding carboxylic acids is 2. The molecule has 8 aromatic rings. The van der Waals surface area contributed by atoms with Crippen LogP contribution < -0.4 is 5.32 Å². The van der Waals surface area contributed by atoms with E-state index in [2.05, 4.69) is 21.4 Å². The van der Waals surface area contributed by atoms with Crippen molar-refractivity contribution in [1.82, 2.24) is 19.1 Å². The molecule has 0 atom stereocenters. The lowest BCUT2D eigenvalue weighted by atomic mass is 10.1. The maximum Gasteiger partial charge on any atom is 0.182 e. The molecule has 0 aliphatic heterocycles. The van der Waals surface area contributed by atoms with Crippen LogP contribution in [0.4, 0.5) is 5.69 Å². The number of aldehydes is 1. The van der Waals surface area contributed by atoms with Gasteiger partial charge in [0.25, 0.3) is 0 Å². The molecule has 0 aliphatic rings. The van der Waals surface area contributed by atoms with Crippen LogP contribution in [-0.2, 0) is 0 Å². The summed E-state index contributed by atoms with van der Waals surface area (Å²) in [6, 6.07) is 55.0. The highest BCUT2D eigenvalue weighted by Crippen LogP contribution is 2.22. The topological polar surface area (TPSA) is 135 Å². The first-order chi connectivity index (χ1) is 31.3. The third-order valence-corrected chi connectivity index (χ3v) is 9.35. The monoisotopic (exact) mass is 883 g/mol. The summed E-state index contributed by atoms with van der Waals surface area (Å²) in [7, 11) is 0. The Balaban J connectivity index is 0.000000241. The fourth-order valence-electron chi connectivity index (χ4n) is 5.68. The van der Waals surface area contributed by atoms with Crippen LogP contribution in [0.15, 0.2) is 176 Å². The van der Waals surface area contributed by atoms with Gasteiger partial charge in [0, 0.05) is 40.6 Å². The van der Waals surface area contributed by atoms with Gasteiger partial charge in [-0.1, -0.05) is 145 Å². The van der Waals surface area contributed by atoms with Gasteiger partial charge in [0.15, 0.2) is 15.3 Å². The number of rotatable bonds is 9. The standard InChI is InChI=1S/C16H11N3S.C16H12N2OS.C15H12N2O.3C2H6/c17-10-12-6-8-13(9-7-12)15-11-19(16(20)18-15)14-4-2-1-3-5-14;19-11-12-6-8-13(9-7-12)15-10-18(16(20)17-15)14-4-2-1-3-5-14;16-10-12-6-8-13(9-7-12)15(18)11-17-14-4-2-1-3-5-14;3*1-2/h1-9,11H,(H,18,20);1-11H,(H,17,20);1-9,17H,11H2;3*1-2H3. The number of Topliss-reactive ketones (excluding diaryl/α,β-unsaturated/α-hetero) is 1. The van der Waals surface area contributed by atoms with Crippen molar-refractivity contribution < 1.29 is 9.59 Å². The summed E-state index contributed by atoms with van der Waals surface area (Å²) in [5, 5.41) is 20.5. The predicted molar refractivity (Wildman–Crippen MR) is 267 cm³/mol. The average Bonchev–Trinajstić information content (AvgIpc) is 3.98. The number of carbonyl (C=O) groups is 2. The fourth-order valence-corrected chi connectivity index (χ4v) is 6.22. The molecule has 2 heterocycles. The SMILES string of the molecule is CC.CC.CC.N#Cc1ccc(-c2cn(-c3ccccc3)c(=S)[nH]2)cc1.N#Cc1ccc(C(=O)CNc2ccccc2)cc1.O=Cc1ccc(-c2cn(-c3ccccc3)c(=S)[nH]2)cc1. The van der Waals surface area contributed by atoms with Crippen molar-refractivity contribution >= 4 is 42.2 Å². The number of nitrogens with one attached hydrogen (secondary N) is 3. The van der Waals surface area contributed by atoms with Crippen LogP contribution in [0.25, 0.3) is 33.9 Å². The van der Waals surface area contributed by atoms with Crippen LogP contribution in [0.2, 0.25) is 0 Å². The number of H-pyrrole nitrogens is 2. The quantitative estimate of drug-likeness (QED) is 0.0746. The van der Waals surface area contributed by atoms with Gasteiger partial charge in [-0.15, -0.1) is 0 Å². The number of nitriles is 2. The van der Waals surface area contributed by atoms with Crippen LogP contribution in [-0.4, -0.2) is 37.7 Å². The third kappa shape index (κ3) is 15.0. The molecule has 0 spiro atoms. The van der Waals surface area contributed by atoms with E-state index >= 15 is 0 Å². The molecule has 0 radical (unpaired) electrons. The molecule has 0 bridgehead atoms. The maximum atomic E-state index is 11.9. The largest absolute Gasteiger partial charge is 0.378 e. The Labute approximate surface area is 387 Å². The van der Waals surface area contributed by atoms with Crippen LogP contribution in [0, 0.1) is 32.2 Å². The number of benzene rings is 6. The number of nitrogens with zero attached hydrogens (tertiary/aromatic N) is 4. The summed E-state index contributed by atoms with van der Waals surface area (Å²) in [6.07, 6.45) is 4.77. The van der Waals surface area contributed by atoms with Crippen molar-refractivity contribution in [3.63, 3.8) is 0 Å². The maximum absolute atomic E-state index is 11.9. The van der Waals surface area contributed by atoms with Crippen molar-refractivity contribution in [2.75, 3.05) is 11.9 Å². The van der Waals surface area contributed by atoms with Crippen molar-refractivity contribution in [2.45, 2.75) is 41.5 Å². The summed E-state index contributed by atoms with van der Waals surface area (Å²) in [4.78, 5) is 28.9. The Morgan fingerprint density at radius 1 is 0.562 bits per heavy atom. The Hall–Kier alpha value is -7.70. The molecule has 11 heteroatoms. The summed E-state index contributed by atoms with van der Waals surface area (Å²) >= 11 is 10.7. The van der Waals surface area contributed by atoms with Crippen LogP contribution in [0.5, 0.6) is 0 Å². The van der Waals surface area contributed by atoms with Crippen LogP contribution in [0.1, 0.15) is 73.4 Å². The first-order valence-corrected chi connectivity index (χ1v) is 21.8. The molecule has 8 rings (SSSR count). The second-order valence-electron chi connectivity index (χ2n) is 12.6. The van der Waals surface area contributed by atoms with Crippen LogP contribution >= 0.6 is 24.4 Å². The predicted octanol–water partition coefficient (Wildman–Crippen LogP) is 14.0. The molecule has 0 fully saturated rings. The Kier molecular flexibility index (Phi) is 22.2. The highest BCUT2D eigenvalue weighted by molar-refractivity contribution is 7.71. The molecular weight excluding hydrogens is 831 g/mol. The van der Waals surface area contributed by atoms with E-state index in [1.807, 2.05) is 184 Å². The number of hydrogen-bond donors (Lipinski definition) is 3. The average molecular weight is 884 g/mol. The van der Waals surface area contributed by atoms with Gasteiger partial charge in [-0.25, -0.2) is 0 Å². The normalized spacial score (nSPS) is 9.38. The zero-order valence-corrected chi connectivity index (χ0v) is 38.6. The molecular formula is C53H53N7O2S2. The number of anilines is 1. The highest BCUT2D eigenvalue weighted by atomic mass is 32.1. The molecule has 0 saturated heterocycles. The summed E-state index contributed by atoms with van der Waals surface area (Å²) in [5.74, 6) is 0.00310. The lowest BCUT2D eigenvalue weighted by Gasteiger charge is -2.05. The van der Waals surface area contributed by atoms with Crippen molar-refractivity contribution in [3.8, 4) is 46.0 Å². The van der Waals surface area contributed by atoms with E-state index in [1.165, 1.54) is 0 Å². The zero-order chi connectivity index (χ0) is 46.7. The molecule has 0 unspecified atom stereocenters. The van der Waals surface area contributed by atoms with Gasteiger partial charge >= 0.3 is 0 Å². The van der Waals surface area contributed by atoms with Gasteiger partial charge in [-0.05, 0) is 96.2 Å². The van der Waals surface area contributed by atoms with E-state index in [9.17, 15) is 9.59 Å². The first-order valence-electron chi connectivity index (χ1n) is 21.0. The molecule has 324 valence electrons. The number of aromatic nitrogens is 4. The fraction of sp³-hybridized carbons (Fsp3) is 0.132. The summed E-state index contributed by atoms with van der Waals surface area (Å²) < 4.78 is 5.16. The third-order valence-electron chi connectivity index (χ3n) is 8.75. The lowest BCUT2D eigenvalue weighted by Crippen LogP contribution is -2.13.